The van der Waals surface area contributed by atoms with Gasteiger partial charge in [-0.2, -0.15) is 0 Å². The third-order valence-electron chi connectivity index (χ3n) is 2.61. The number of aliphatic hydroxyl groups excluding tert-OH is 2. The number of aliphatic hydroxyl groups is 2. The lowest BCUT2D eigenvalue weighted by Crippen LogP contribution is -1.98. The van der Waals surface area contributed by atoms with Crippen LogP contribution in [0.15, 0.2) is 18.2 Å². The van der Waals surface area contributed by atoms with E-state index in [-0.39, 0.29) is 13.2 Å². The van der Waals surface area contributed by atoms with Gasteiger partial charge in [0.05, 0.1) is 13.2 Å². The van der Waals surface area contributed by atoms with E-state index in [0.29, 0.717) is 5.92 Å². The Hall–Kier alpha value is -0.860. The molecule has 1 fully saturated rings. The molecule has 0 heterocycles. The van der Waals surface area contributed by atoms with Crippen molar-refractivity contribution in [3.05, 3.63) is 34.9 Å². The minimum atomic E-state index is 0.0830. The van der Waals surface area contributed by atoms with Crippen LogP contribution in [0.5, 0.6) is 0 Å². The predicted octanol–water partition coefficient (Wildman–Crippen LogP) is 1.55. The van der Waals surface area contributed by atoms with E-state index in [1.807, 2.05) is 18.2 Å². The van der Waals surface area contributed by atoms with E-state index < -0.39 is 0 Å². The predicted molar refractivity (Wildman–Crippen MR) is 50.3 cm³/mol. The van der Waals surface area contributed by atoms with Gasteiger partial charge in [-0.3, -0.25) is 0 Å². The second-order valence-corrected chi connectivity index (χ2v) is 3.58. The lowest BCUT2D eigenvalue weighted by molar-refractivity contribution is 0.273. The molecular formula is C11H14O2. The van der Waals surface area contributed by atoms with E-state index in [1.54, 1.807) is 0 Å². The first-order valence-corrected chi connectivity index (χ1v) is 4.69. The molecule has 1 saturated carbocycles. The van der Waals surface area contributed by atoms with Gasteiger partial charge in [-0.15, -0.1) is 0 Å². The Kier molecular flexibility index (Phi) is 2.34. The molecule has 70 valence electrons. The molecule has 1 aromatic carbocycles. The Balaban J connectivity index is 2.44. The normalized spacial score (nSPS) is 16.2. The van der Waals surface area contributed by atoms with Crippen LogP contribution in [0.4, 0.5) is 0 Å². The molecule has 0 unspecified atom stereocenters. The summed E-state index contributed by atoms with van der Waals surface area (Å²) >= 11 is 0. The molecule has 0 amide bonds. The van der Waals surface area contributed by atoms with Gasteiger partial charge in [-0.25, -0.2) is 0 Å². The first-order valence-electron chi connectivity index (χ1n) is 4.69. The maximum absolute atomic E-state index is 9.13. The van der Waals surface area contributed by atoms with E-state index in [9.17, 15) is 0 Å². The first kappa shape index (κ1) is 8.73. The quantitative estimate of drug-likeness (QED) is 0.737. The van der Waals surface area contributed by atoms with Gasteiger partial charge in [0.1, 0.15) is 0 Å². The molecule has 2 heteroatoms. The number of hydrogen-bond donors (Lipinski definition) is 2. The lowest BCUT2D eigenvalue weighted by atomic mass is 9.98. The summed E-state index contributed by atoms with van der Waals surface area (Å²) in [6.07, 6.45) is 2.40. The van der Waals surface area contributed by atoms with E-state index in [0.717, 1.165) is 11.1 Å². The van der Waals surface area contributed by atoms with E-state index >= 15 is 0 Å². The maximum atomic E-state index is 9.13. The second-order valence-electron chi connectivity index (χ2n) is 3.58. The van der Waals surface area contributed by atoms with Gasteiger partial charge in [0.2, 0.25) is 0 Å². The third-order valence-corrected chi connectivity index (χ3v) is 2.61. The van der Waals surface area contributed by atoms with Crippen molar-refractivity contribution < 1.29 is 10.2 Å². The summed E-state index contributed by atoms with van der Waals surface area (Å²) in [6.45, 7) is 0.166. The van der Waals surface area contributed by atoms with Crippen LogP contribution < -0.4 is 0 Å². The average molecular weight is 178 g/mol. The van der Waals surface area contributed by atoms with Crippen LogP contribution in [-0.2, 0) is 13.2 Å². The fourth-order valence-electron chi connectivity index (χ4n) is 1.84. The average Bonchev–Trinajstić information content (AvgIpc) is 3.00. The molecule has 2 nitrogen and oxygen atoms in total. The van der Waals surface area contributed by atoms with Crippen molar-refractivity contribution in [1.29, 1.82) is 0 Å². The highest BCUT2D eigenvalue weighted by atomic mass is 16.3. The Labute approximate surface area is 77.8 Å². The molecule has 0 aromatic heterocycles. The SMILES string of the molecule is OCc1cccc(CO)c1C1CC1. The van der Waals surface area contributed by atoms with Gasteiger partial charge in [0.15, 0.2) is 0 Å². The molecule has 0 atom stereocenters. The highest BCUT2D eigenvalue weighted by Gasteiger charge is 2.27. The van der Waals surface area contributed by atoms with Crippen LogP contribution in [0.3, 0.4) is 0 Å². The highest BCUT2D eigenvalue weighted by Crippen LogP contribution is 2.43. The third kappa shape index (κ3) is 1.60. The fourth-order valence-corrected chi connectivity index (χ4v) is 1.84. The summed E-state index contributed by atoms with van der Waals surface area (Å²) in [4.78, 5) is 0. The van der Waals surface area contributed by atoms with Gasteiger partial charge in [-0.05, 0) is 35.4 Å². The van der Waals surface area contributed by atoms with Crippen LogP contribution in [-0.4, -0.2) is 10.2 Å². The smallest absolute Gasteiger partial charge is 0.0684 e. The molecule has 1 aromatic rings. The fraction of sp³-hybridized carbons (Fsp3) is 0.455. The minimum Gasteiger partial charge on any atom is -0.392 e. The Morgan fingerprint density at radius 1 is 1.08 bits per heavy atom. The van der Waals surface area contributed by atoms with Crippen LogP contribution in [0.25, 0.3) is 0 Å². The van der Waals surface area contributed by atoms with Crippen LogP contribution in [0, 0.1) is 0 Å². The topological polar surface area (TPSA) is 40.5 Å². The van der Waals surface area contributed by atoms with Gasteiger partial charge in [0.25, 0.3) is 0 Å². The summed E-state index contributed by atoms with van der Waals surface area (Å²) in [5.74, 6) is 0.588. The molecule has 1 aliphatic carbocycles. The molecule has 2 rings (SSSR count). The molecule has 0 radical (unpaired) electrons. The highest BCUT2D eigenvalue weighted by molar-refractivity contribution is 5.39. The van der Waals surface area contributed by atoms with Crippen molar-refractivity contribution in [3.63, 3.8) is 0 Å². The van der Waals surface area contributed by atoms with Crippen LogP contribution in [0.1, 0.15) is 35.4 Å². The van der Waals surface area contributed by atoms with Crippen molar-refractivity contribution in [2.75, 3.05) is 0 Å². The van der Waals surface area contributed by atoms with Crippen molar-refractivity contribution in [1.82, 2.24) is 0 Å². The number of benzene rings is 1. The van der Waals surface area contributed by atoms with Crippen molar-refractivity contribution in [2.24, 2.45) is 0 Å². The zero-order valence-corrected chi connectivity index (χ0v) is 7.53. The van der Waals surface area contributed by atoms with E-state index in [2.05, 4.69) is 0 Å². The zero-order chi connectivity index (χ0) is 9.26. The molecule has 0 saturated heterocycles. The van der Waals surface area contributed by atoms with Gasteiger partial charge in [-0.1, -0.05) is 18.2 Å². The Morgan fingerprint density at radius 3 is 2.00 bits per heavy atom. The summed E-state index contributed by atoms with van der Waals surface area (Å²) in [6, 6.07) is 5.77. The summed E-state index contributed by atoms with van der Waals surface area (Å²) in [7, 11) is 0. The van der Waals surface area contributed by atoms with Crippen molar-refractivity contribution in [2.45, 2.75) is 32.0 Å². The van der Waals surface area contributed by atoms with Crippen molar-refractivity contribution >= 4 is 0 Å². The number of rotatable bonds is 3. The zero-order valence-electron chi connectivity index (χ0n) is 7.53. The minimum absolute atomic E-state index is 0.0830. The molecule has 1 aliphatic rings. The lowest BCUT2D eigenvalue weighted by Gasteiger charge is -2.10. The Morgan fingerprint density at radius 2 is 1.62 bits per heavy atom. The molecule has 0 spiro atoms. The van der Waals surface area contributed by atoms with Gasteiger partial charge >= 0.3 is 0 Å². The van der Waals surface area contributed by atoms with Crippen LogP contribution in [0.2, 0.25) is 0 Å². The summed E-state index contributed by atoms with van der Waals surface area (Å²) in [5.41, 5.74) is 3.15. The molecule has 13 heavy (non-hydrogen) atoms. The largest absolute Gasteiger partial charge is 0.392 e. The number of hydrogen-bond acceptors (Lipinski definition) is 2. The molecule has 0 aliphatic heterocycles. The van der Waals surface area contributed by atoms with Crippen LogP contribution >= 0.6 is 0 Å². The monoisotopic (exact) mass is 178 g/mol. The van der Waals surface area contributed by atoms with Gasteiger partial charge < -0.3 is 10.2 Å². The molecular weight excluding hydrogens is 164 g/mol. The molecule has 2 N–H and O–H groups in total. The standard InChI is InChI=1S/C11H14O2/c12-6-9-2-1-3-10(7-13)11(9)8-4-5-8/h1-3,8,12-13H,4-7H2. The summed E-state index contributed by atoms with van der Waals surface area (Å²) < 4.78 is 0. The second kappa shape index (κ2) is 3.48. The Bertz CT molecular complexity index is 281. The van der Waals surface area contributed by atoms with Gasteiger partial charge in [0, 0.05) is 0 Å². The van der Waals surface area contributed by atoms with E-state index in [1.165, 1.54) is 18.4 Å². The molecule has 0 bridgehead atoms. The first-order chi connectivity index (χ1) is 6.36. The van der Waals surface area contributed by atoms with E-state index in [4.69, 9.17) is 10.2 Å². The maximum Gasteiger partial charge on any atom is 0.0684 e. The van der Waals surface area contributed by atoms with Crippen molar-refractivity contribution in [3.8, 4) is 0 Å². The summed E-state index contributed by atoms with van der Waals surface area (Å²) in [5, 5.41) is 18.3.